The Balaban J connectivity index is 2.03. The summed E-state index contributed by atoms with van der Waals surface area (Å²) in [7, 11) is -3.79. The Bertz CT molecular complexity index is 1010. The molecule has 0 N–H and O–H groups in total. The molecule has 3 nitrogen and oxygen atoms in total. The van der Waals surface area contributed by atoms with Gasteiger partial charge in [0.15, 0.2) is 0 Å². The number of thioether (sulfide) groups is 1. The molecule has 0 heterocycles. The Hall–Kier alpha value is -2.37. The molecule has 3 rings (SSSR count). The van der Waals surface area contributed by atoms with Crippen LogP contribution in [0.5, 0.6) is 0 Å². The van der Waals surface area contributed by atoms with Crippen molar-refractivity contribution in [2.75, 3.05) is 0 Å². The van der Waals surface area contributed by atoms with Gasteiger partial charge in [-0.2, -0.15) is 12.8 Å². The van der Waals surface area contributed by atoms with Crippen LogP contribution in [0.15, 0.2) is 93.1 Å². The van der Waals surface area contributed by atoms with E-state index in [0.717, 1.165) is 21.6 Å². The molecule has 3 aromatic rings. The molecule has 0 unspecified atom stereocenters. The maximum Gasteiger partial charge on any atom is 0.283 e. The average Bonchev–Trinajstić information content (AvgIpc) is 2.64. The third kappa shape index (κ3) is 4.62. The first-order valence-electron chi connectivity index (χ1n) is 8.16. The van der Waals surface area contributed by atoms with Crippen molar-refractivity contribution in [1.82, 2.24) is 0 Å². The van der Waals surface area contributed by atoms with Crippen molar-refractivity contribution in [1.29, 1.82) is 0 Å². The lowest BCUT2D eigenvalue weighted by molar-refractivity contribution is 0.598. The molecule has 0 fully saturated rings. The van der Waals surface area contributed by atoms with Gasteiger partial charge in [0.25, 0.3) is 10.0 Å². The third-order valence-electron chi connectivity index (χ3n) is 3.78. The first kappa shape index (κ1) is 18.4. The van der Waals surface area contributed by atoms with Crippen molar-refractivity contribution in [3.63, 3.8) is 0 Å². The van der Waals surface area contributed by atoms with Crippen molar-refractivity contribution in [3.05, 3.63) is 95.6 Å². The second-order valence-electron chi connectivity index (χ2n) is 5.97. The van der Waals surface area contributed by atoms with E-state index in [0.29, 0.717) is 5.04 Å². The van der Waals surface area contributed by atoms with Crippen LogP contribution in [0.1, 0.15) is 16.7 Å². The van der Waals surface area contributed by atoms with E-state index in [2.05, 4.69) is 4.40 Å². The number of hydrogen-bond acceptors (Lipinski definition) is 3. The normalized spacial score (nSPS) is 12.2. The Morgan fingerprint density at radius 1 is 0.769 bits per heavy atom. The minimum atomic E-state index is -3.79. The molecule has 132 valence electrons. The molecule has 0 aliphatic rings. The summed E-state index contributed by atoms with van der Waals surface area (Å²) >= 11 is 1.35. The molecule has 0 saturated heterocycles. The van der Waals surface area contributed by atoms with Crippen molar-refractivity contribution < 1.29 is 8.42 Å². The Morgan fingerprint density at radius 3 is 1.88 bits per heavy atom. The molecular weight excluding hydrogens is 362 g/mol. The molecule has 0 radical (unpaired) electrons. The molecule has 0 atom stereocenters. The minimum absolute atomic E-state index is 0.195. The molecule has 3 aromatic carbocycles. The fourth-order valence-corrected chi connectivity index (χ4v) is 4.40. The Labute approximate surface area is 158 Å². The second-order valence-corrected chi connectivity index (χ2v) is 8.63. The summed E-state index contributed by atoms with van der Waals surface area (Å²) in [5, 5.41) is 0.454. The standard InChI is InChI=1S/C21H19NO2S2/c1-16-8-12-19(13-9-16)25-21(18-6-4-3-5-7-18)22-26(23,24)20-14-10-17(2)11-15-20/h3-15H,1-2H3/b22-21+. The topological polar surface area (TPSA) is 46.5 Å². The summed E-state index contributed by atoms with van der Waals surface area (Å²) in [6.45, 7) is 3.94. The molecule has 0 saturated carbocycles. The fourth-order valence-electron chi connectivity index (χ4n) is 2.30. The monoisotopic (exact) mass is 381 g/mol. The van der Waals surface area contributed by atoms with Gasteiger partial charge in [0.1, 0.15) is 5.04 Å². The number of nitrogens with zero attached hydrogens (tertiary/aromatic N) is 1. The minimum Gasteiger partial charge on any atom is -0.199 e. The zero-order valence-corrected chi connectivity index (χ0v) is 16.2. The number of benzene rings is 3. The largest absolute Gasteiger partial charge is 0.283 e. The van der Waals surface area contributed by atoms with Gasteiger partial charge in [0.05, 0.1) is 4.90 Å². The van der Waals surface area contributed by atoms with Gasteiger partial charge in [-0.05, 0) is 38.1 Å². The predicted octanol–water partition coefficient (Wildman–Crippen LogP) is 5.23. The van der Waals surface area contributed by atoms with Crippen molar-refractivity contribution in [3.8, 4) is 0 Å². The zero-order chi connectivity index (χ0) is 18.6. The lowest BCUT2D eigenvalue weighted by Crippen LogP contribution is -2.04. The molecule has 26 heavy (non-hydrogen) atoms. The van der Waals surface area contributed by atoms with E-state index in [1.54, 1.807) is 24.3 Å². The van der Waals surface area contributed by atoms with Crippen molar-refractivity contribution >= 4 is 26.8 Å². The molecular formula is C21H19NO2S2. The smallest absolute Gasteiger partial charge is 0.199 e. The van der Waals surface area contributed by atoms with E-state index in [9.17, 15) is 8.42 Å². The lowest BCUT2D eigenvalue weighted by Gasteiger charge is -2.08. The van der Waals surface area contributed by atoms with Crippen molar-refractivity contribution in [2.45, 2.75) is 23.6 Å². The highest BCUT2D eigenvalue weighted by molar-refractivity contribution is 8.15. The van der Waals surface area contributed by atoms with E-state index < -0.39 is 10.0 Å². The number of sulfonamides is 1. The lowest BCUT2D eigenvalue weighted by atomic mass is 10.2. The maximum absolute atomic E-state index is 12.8. The summed E-state index contributed by atoms with van der Waals surface area (Å²) < 4.78 is 29.7. The molecule has 0 amide bonds. The van der Waals surface area contributed by atoms with Crippen LogP contribution >= 0.6 is 11.8 Å². The summed E-state index contributed by atoms with van der Waals surface area (Å²) in [5.74, 6) is 0. The quantitative estimate of drug-likeness (QED) is 0.353. The van der Waals surface area contributed by atoms with Gasteiger partial charge in [0, 0.05) is 10.5 Å². The molecule has 0 spiro atoms. The SMILES string of the molecule is Cc1ccc(S/C(=N/S(=O)(=O)c2ccc(C)cc2)c2ccccc2)cc1. The highest BCUT2D eigenvalue weighted by Crippen LogP contribution is 2.26. The van der Waals surface area contributed by atoms with Gasteiger partial charge in [-0.1, -0.05) is 77.5 Å². The van der Waals surface area contributed by atoms with E-state index >= 15 is 0 Å². The third-order valence-corrected chi connectivity index (χ3v) is 6.21. The summed E-state index contributed by atoms with van der Waals surface area (Å²) in [4.78, 5) is 1.14. The fraction of sp³-hybridized carbons (Fsp3) is 0.0952. The van der Waals surface area contributed by atoms with Gasteiger partial charge in [-0.25, -0.2) is 0 Å². The van der Waals surface area contributed by atoms with Crippen LogP contribution in [0.3, 0.4) is 0 Å². The zero-order valence-electron chi connectivity index (χ0n) is 14.6. The summed E-state index contributed by atoms with van der Waals surface area (Å²) in [6.07, 6.45) is 0. The van der Waals surface area contributed by atoms with Crippen LogP contribution in [-0.2, 0) is 10.0 Å². The summed E-state index contributed by atoms with van der Waals surface area (Å²) in [5.41, 5.74) is 2.93. The van der Waals surface area contributed by atoms with E-state index in [4.69, 9.17) is 0 Å². The van der Waals surface area contributed by atoms with Crippen LogP contribution in [0.25, 0.3) is 0 Å². The molecule has 0 aromatic heterocycles. The van der Waals surface area contributed by atoms with Crippen LogP contribution in [0, 0.1) is 13.8 Å². The molecule has 0 aliphatic carbocycles. The van der Waals surface area contributed by atoms with Gasteiger partial charge in [-0.15, -0.1) is 0 Å². The van der Waals surface area contributed by atoms with Crippen LogP contribution in [0.2, 0.25) is 0 Å². The molecule has 5 heteroatoms. The highest BCUT2D eigenvalue weighted by Gasteiger charge is 2.16. The average molecular weight is 382 g/mol. The van der Waals surface area contributed by atoms with Crippen molar-refractivity contribution in [2.24, 2.45) is 4.40 Å². The highest BCUT2D eigenvalue weighted by atomic mass is 32.2. The summed E-state index contributed by atoms with van der Waals surface area (Å²) in [6, 6.07) is 24.0. The number of aryl methyl sites for hydroxylation is 2. The first-order chi connectivity index (χ1) is 12.4. The Kier molecular flexibility index (Phi) is 5.59. The number of hydrogen-bond donors (Lipinski definition) is 0. The van der Waals surface area contributed by atoms with Crippen LogP contribution in [0.4, 0.5) is 0 Å². The van der Waals surface area contributed by atoms with Gasteiger partial charge >= 0.3 is 0 Å². The predicted molar refractivity (Wildman–Crippen MR) is 108 cm³/mol. The first-order valence-corrected chi connectivity index (χ1v) is 10.4. The van der Waals surface area contributed by atoms with E-state index in [-0.39, 0.29) is 4.90 Å². The van der Waals surface area contributed by atoms with Gasteiger partial charge in [-0.3, -0.25) is 0 Å². The maximum atomic E-state index is 12.8. The molecule has 0 aliphatic heterocycles. The second kappa shape index (κ2) is 7.89. The van der Waals surface area contributed by atoms with Crippen LogP contribution < -0.4 is 0 Å². The van der Waals surface area contributed by atoms with Gasteiger partial charge < -0.3 is 0 Å². The van der Waals surface area contributed by atoms with Crippen LogP contribution in [-0.4, -0.2) is 13.5 Å². The number of rotatable bonds is 4. The Morgan fingerprint density at radius 2 is 1.31 bits per heavy atom. The van der Waals surface area contributed by atoms with Gasteiger partial charge in [0.2, 0.25) is 0 Å². The van der Waals surface area contributed by atoms with E-state index in [1.165, 1.54) is 11.8 Å². The van der Waals surface area contributed by atoms with E-state index in [1.807, 2.05) is 68.4 Å². The molecule has 0 bridgehead atoms.